The topological polar surface area (TPSA) is 40.5 Å². The lowest BCUT2D eigenvalue weighted by Crippen LogP contribution is -2.48. The van der Waals surface area contributed by atoms with Gasteiger partial charge in [-0.25, -0.2) is 4.39 Å². The molecule has 1 atom stereocenters. The zero-order valence-electron chi connectivity index (χ0n) is 12.1. The highest BCUT2D eigenvalue weighted by molar-refractivity contribution is 7.21. The van der Waals surface area contributed by atoms with Gasteiger partial charge in [-0.2, -0.15) is 0 Å². The van der Waals surface area contributed by atoms with Crippen molar-refractivity contribution in [3.05, 3.63) is 34.5 Å². The molecule has 0 aliphatic carbocycles. The highest BCUT2D eigenvalue weighted by Gasteiger charge is 2.32. The van der Waals surface area contributed by atoms with Crippen LogP contribution in [-0.2, 0) is 0 Å². The Morgan fingerprint density at radius 3 is 2.90 bits per heavy atom. The fourth-order valence-electron chi connectivity index (χ4n) is 2.99. The maximum Gasteiger partial charge on any atom is 0.264 e. The minimum atomic E-state index is -0.830. The Labute approximate surface area is 127 Å². The van der Waals surface area contributed by atoms with E-state index < -0.39 is 5.60 Å². The number of hydrogen-bond donors (Lipinski definition) is 1. The first kappa shape index (κ1) is 14.5. The molecule has 1 saturated heterocycles. The van der Waals surface area contributed by atoms with Crippen LogP contribution in [0.2, 0.25) is 0 Å². The van der Waals surface area contributed by atoms with Crippen molar-refractivity contribution in [2.24, 2.45) is 0 Å². The summed E-state index contributed by atoms with van der Waals surface area (Å²) < 4.78 is 14.7. The van der Waals surface area contributed by atoms with Gasteiger partial charge in [-0.1, -0.05) is 6.07 Å². The van der Waals surface area contributed by atoms with Gasteiger partial charge in [0, 0.05) is 23.2 Å². The number of rotatable bonds is 1. The van der Waals surface area contributed by atoms with Crippen molar-refractivity contribution >= 4 is 27.3 Å². The van der Waals surface area contributed by atoms with E-state index in [2.05, 4.69) is 0 Å². The molecule has 21 heavy (non-hydrogen) atoms. The number of benzene rings is 1. The Kier molecular flexibility index (Phi) is 3.50. The highest BCUT2D eigenvalue weighted by Crippen LogP contribution is 2.34. The van der Waals surface area contributed by atoms with E-state index in [9.17, 15) is 14.3 Å². The number of aliphatic hydroxyl groups is 1. The lowest BCUT2D eigenvalue weighted by atomic mass is 9.95. The summed E-state index contributed by atoms with van der Waals surface area (Å²) in [5, 5.41) is 10.7. The second-order valence-corrected chi connectivity index (χ2v) is 7.05. The summed E-state index contributed by atoms with van der Waals surface area (Å²) in [7, 11) is 0. The molecule has 2 aromatic rings. The number of hydrogen-bond acceptors (Lipinski definition) is 3. The second kappa shape index (κ2) is 5.07. The van der Waals surface area contributed by atoms with E-state index in [1.165, 1.54) is 17.4 Å². The lowest BCUT2D eigenvalue weighted by molar-refractivity contribution is -0.0106. The van der Waals surface area contributed by atoms with Crippen LogP contribution in [0.3, 0.4) is 0 Å². The molecule has 3 rings (SSSR count). The van der Waals surface area contributed by atoms with Gasteiger partial charge in [0.1, 0.15) is 5.82 Å². The molecule has 3 nitrogen and oxygen atoms in total. The van der Waals surface area contributed by atoms with Crippen molar-refractivity contribution in [1.82, 2.24) is 4.90 Å². The maximum atomic E-state index is 13.9. The number of carbonyl (C=O) groups excluding carboxylic acids is 1. The summed E-state index contributed by atoms with van der Waals surface area (Å²) in [5.74, 6) is -0.390. The molecule has 0 radical (unpaired) electrons. The van der Waals surface area contributed by atoms with Crippen LogP contribution in [-0.4, -0.2) is 34.6 Å². The lowest BCUT2D eigenvalue weighted by Gasteiger charge is -2.36. The van der Waals surface area contributed by atoms with Gasteiger partial charge in [0.25, 0.3) is 5.91 Å². The average molecular weight is 307 g/mol. The van der Waals surface area contributed by atoms with Gasteiger partial charge in [0.15, 0.2) is 0 Å². The molecule has 1 aromatic carbocycles. The minimum absolute atomic E-state index is 0.104. The largest absolute Gasteiger partial charge is 0.388 e. The van der Waals surface area contributed by atoms with Crippen molar-refractivity contribution in [2.45, 2.75) is 32.3 Å². The first-order chi connectivity index (χ1) is 9.89. The Bertz CT molecular complexity index is 708. The van der Waals surface area contributed by atoms with E-state index in [1.807, 2.05) is 6.07 Å². The zero-order chi connectivity index (χ0) is 15.2. The first-order valence-corrected chi connectivity index (χ1v) is 7.90. The molecule has 0 spiro atoms. The monoisotopic (exact) mass is 307 g/mol. The van der Waals surface area contributed by atoms with Crippen LogP contribution in [0.5, 0.6) is 0 Å². The van der Waals surface area contributed by atoms with Crippen LogP contribution < -0.4 is 0 Å². The van der Waals surface area contributed by atoms with Crippen LogP contribution in [0, 0.1) is 12.7 Å². The van der Waals surface area contributed by atoms with Gasteiger partial charge < -0.3 is 10.0 Å². The fourth-order valence-corrected chi connectivity index (χ4v) is 4.19. The van der Waals surface area contributed by atoms with Crippen LogP contribution in [0.25, 0.3) is 10.1 Å². The molecule has 0 bridgehead atoms. The predicted octanol–water partition coefficient (Wildman–Crippen LogP) is 3.34. The van der Waals surface area contributed by atoms with Gasteiger partial charge in [0.05, 0.1) is 10.5 Å². The van der Waals surface area contributed by atoms with Crippen LogP contribution in [0.1, 0.15) is 35.0 Å². The Morgan fingerprint density at radius 2 is 2.24 bits per heavy atom. The summed E-state index contributed by atoms with van der Waals surface area (Å²) in [4.78, 5) is 14.9. The van der Waals surface area contributed by atoms with E-state index >= 15 is 0 Å². The van der Waals surface area contributed by atoms with Gasteiger partial charge in [-0.05, 0) is 44.4 Å². The van der Waals surface area contributed by atoms with E-state index in [4.69, 9.17) is 0 Å². The van der Waals surface area contributed by atoms with Crippen LogP contribution in [0.4, 0.5) is 4.39 Å². The van der Waals surface area contributed by atoms with E-state index in [0.29, 0.717) is 35.3 Å². The molecule has 1 aromatic heterocycles. The number of aryl methyl sites for hydroxylation is 1. The summed E-state index contributed by atoms with van der Waals surface area (Å²) in [5.41, 5.74) is -0.132. The molecule has 1 unspecified atom stereocenters. The SMILES string of the molecule is Cc1c(C(=O)N2CCCC(C)(O)C2)sc2cccc(F)c12. The molecule has 1 fully saturated rings. The molecule has 2 heterocycles. The van der Waals surface area contributed by atoms with Crippen LogP contribution >= 0.6 is 11.3 Å². The number of amides is 1. The number of likely N-dealkylation sites (tertiary alicyclic amines) is 1. The maximum absolute atomic E-state index is 13.9. The summed E-state index contributed by atoms with van der Waals surface area (Å²) in [6.07, 6.45) is 1.49. The predicted molar refractivity (Wildman–Crippen MR) is 82.3 cm³/mol. The molecule has 1 N–H and O–H groups in total. The number of thiophene rings is 1. The first-order valence-electron chi connectivity index (χ1n) is 7.08. The fraction of sp³-hybridized carbons (Fsp3) is 0.438. The van der Waals surface area contributed by atoms with Gasteiger partial charge >= 0.3 is 0 Å². The molecule has 112 valence electrons. The van der Waals surface area contributed by atoms with Gasteiger partial charge in [-0.15, -0.1) is 11.3 Å². The zero-order valence-corrected chi connectivity index (χ0v) is 13.0. The third-order valence-electron chi connectivity index (χ3n) is 4.06. The molecule has 0 saturated carbocycles. The summed E-state index contributed by atoms with van der Waals surface area (Å²) in [6, 6.07) is 4.91. The number of β-amino-alcohol motifs (C(OH)–C–C–N with tert-alkyl or cyclic N) is 1. The summed E-state index contributed by atoms with van der Waals surface area (Å²) >= 11 is 1.33. The normalized spacial score (nSPS) is 22.8. The molecule has 1 aliphatic rings. The number of carbonyl (C=O) groups is 1. The molecule has 5 heteroatoms. The number of halogens is 1. The Morgan fingerprint density at radius 1 is 1.48 bits per heavy atom. The Hall–Kier alpha value is -1.46. The van der Waals surface area contributed by atoms with Crippen molar-refractivity contribution in [3.63, 3.8) is 0 Å². The molecule has 1 aliphatic heterocycles. The van der Waals surface area contributed by atoms with Crippen molar-refractivity contribution in [1.29, 1.82) is 0 Å². The second-order valence-electron chi connectivity index (χ2n) is 6.00. The quantitative estimate of drug-likeness (QED) is 0.878. The van der Waals surface area contributed by atoms with Crippen molar-refractivity contribution in [3.8, 4) is 0 Å². The smallest absolute Gasteiger partial charge is 0.264 e. The molecule has 1 amide bonds. The minimum Gasteiger partial charge on any atom is -0.388 e. The third-order valence-corrected chi connectivity index (χ3v) is 5.30. The van der Waals surface area contributed by atoms with Gasteiger partial charge in [-0.3, -0.25) is 4.79 Å². The molecular weight excluding hydrogens is 289 g/mol. The van der Waals surface area contributed by atoms with E-state index in [0.717, 1.165) is 11.1 Å². The highest BCUT2D eigenvalue weighted by atomic mass is 32.1. The van der Waals surface area contributed by atoms with Crippen molar-refractivity contribution in [2.75, 3.05) is 13.1 Å². The van der Waals surface area contributed by atoms with Crippen LogP contribution in [0.15, 0.2) is 18.2 Å². The van der Waals surface area contributed by atoms with Crippen molar-refractivity contribution < 1.29 is 14.3 Å². The van der Waals surface area contributed by atoms with Gasteiger partial charge in [0.2, 0.25) is 0 Å². The number of nitrogens with zero attached hydrogens (tertiary/aromatic N) is 1. The third kappa shape index (κ3) is 2.56. The average Bonchev–Trinajstić information content (AvgIpc) is 2.75. The number of piperidine rings is 1. The Balaban J connectivity index is 1.99. The standard InChI is InChI=1S/C16H18FNO2S/c1-10-13-11(17)5-3-6-12(13)21-14(10)15(19)18-8-4-7-16(2,20)9-18/h3,5-6,20H,4,7-9H2,1-2H3. The van der Waals surface area contributed by atoms with E-state index in [-0.39, 0.29) is 11.7 Å². The number of fused-ring (bicyclic) bond motifs is 1. The van der Waals surface area contributed by atoms with E-state index in [1.54, 1.807) is 24.8 Å². The molecular formula is C16H18FNO2S. The summed E-state index contributed by atoms with van der Waals surface area (Å²) in [6.45, 7) is 4.52.